The van der Waals surface area contributed by atoms with Crippen LogP contribution in [0.1, 0.15) is 11.3 Å². The first kappa shape index (κ1) is 16.3. The lowest BCUT2D eigenvalue weighted by atomic mass is 10.2. The molecule has 0 saturated carbocycles. The molecule has 0 radical (unpaired) electrons. The normalized spacial score (nSPS) is 11.7. The predicted molar refractivity (Wildman–Crippen MR) is 81.8 cm³/mol. The highest BCUT2D eigenvalue weighted by atomic mass is 35.5. The van der Waals surface area contributed by atoms with E-state index in [1.807, 2.05) is 6.07 Å². The molecule has 0 saturated heterocycles. The van der Waals surface area contributed by atoms with Crippen molar-refractivity contribution in [1.29, 1.82) is 0 Å². The van der Waals surface area contributed by atoms with Crippen LogP contribution < -0.4 is 5.56 Å². The predicted octanol–water partition coefficient (Wildman–Crippen LogP) is 4.22. The Kier molecular flexibility index (Phi) is 4.19. The number of rotatable bonds is 3. The maximum Gasteiger partial charge on any atom is 0.417 e. The molecule has 3 aromatic rings. The van der Waals surface area contributed by atoms with Crippen LogP contribution in [-0.4, -0.2) is 9.55 Å². The quantitative estimate of drug-likeness (QED) is 0.707. The van der Waals surface area contributed by atoms with Crippen molar-refractivity contribution in [3.8, 4) is 11.5 Å². The SMILES string of the molecule is O=c1c(Cl)cc(C(F)(F)F)cn1Cc1coc(-c2ccccc2)n1. The first-order valence-corrected chi connectivity index (χ1v) is 7.19. The highest BCUT2D eigenvalue weighted by Crippen LogP contribution is 2.29. The minimum Gasteiger partial charge on any atom is -0.444 e. The van der Waals surface area contributed by atoms with Gasteiger partial charge < -0.3 is 8.98 Å². The molecule has 0 unspecified atom stereocenters. The number of hydrogen-bond donors (Lipinski definition) is 0. The summed E-state index contributed by atoms with van der Waals surface area (Å²) in [5, 5.41) is -0.503. The Morgan fingerprint density at radius 2 is 1.92 bits per heavy atom. The van der Waals surface area contributed by atoms with Gasteiger partial charge in [-0.15, -0.1) is 0 Å². The van der Waals surface area contributed by atoms with Gasteiger partial charge in [0, 0.05) is 11.8 Å². The lowest BCUT2D eigenvalue weighted by molar-refractivity contribution is -0.138. The van der Waals surface area contributed by atoms with Gasteiger partial charge in [-0.2, -0.15) is 13.2 Å². The van der Waals surface area contributed by atoms with Crippen molar-refractivity contribution in [3.63, 3.8) is 0 Å². The average molecular weight is 355 g/mol. The second-order valence-electron chi connectivity index (χ2n) is 5.02. The van der Waals surface area contributed by atoms with Crippen molar-refractivity contribution in [3.05, 3.63) is 75.5 Å². The topological polar surface area (TPSA) is 48.0 Å². The zero-order valence-corrected chi connectivity index (χ0v) is 12.8. The van der Waals surface area contributed by atoms with Gasteiger partial charge in [-0.3, -0.25) is 4.79 Å². The zero-order valence-electron chi connectivity index (χ0n) is 12.0. The fourth-order valence-corrected chi connectivity index (χ4v) is 2.37. The summed E-state index contributed by atoms with van der Waals surface area (Å²) in [5.74, 6) is 0.316. The number of halogens is 4. The molecule has 0 aliphatic carbocycles. The molecule has 0 atom stereocenters. The smallest absolute Gasteiger partial charge is 0.417 e. The fraction of sp³-hybridized carbons (Fsp3) is 0.125. The Hall–Kier alpha value is -2.54. The minimum absolute atomic E-state index is 0.182. The maximum absolute atomic E-state index is 12.8. The van der Waals surface area contributed by atoms with Gasteiger partial charge in [0.1, 0.15) is 11.3 Å². The van der Waals surface area contributed by atoms with Crippen LogP contribution in [0.5, 0.6) is 0 Å². The van der Waals surface area contributed by atoms with Crippen molar-refractivity contribution in [1.82, 2.24) is 9.55 Å². The first-order chi connectivity index (χ1) is 11.3. The van der Waals surface area contributed by atoms with Crippen molar-refractivity contribution in [2.75, 3.05) is 0 Å². The molecule has 0 bridgehead atoms. The van der Waals surface area contributed by atoms with Gasteiger partial charge in [0.2, 0.25) is 5.89 Å². The highest BCUT2D eigenvalue weighted by molar-refractivity contribution is 6.30. The summed E-state index contributed by atoms with van der Waals surface area (Å²) >= 11 is 5.62. The number of oxazole rings is 1. The van der Waals surface area contributed by atoms with Gasteiger partial charge in [0.05, 0.1) is 17.8 Å². The van der Waals surface area contributed by atoms with Crippen molar-refractivity contribution in [2.45, 2.75) is 12.7 Å². The third kappa shape index (κ3) is 3.35. The molecule has 3 rings (SSSR count). The van der Waals surface area contributed by atoms with Gasteiger partial charge in [-0.1, -0.05) is 29.8 Å². The fourth-order valence-electron chi connectivity index (χ4n) is 2.14. The Morgan fingerprint density at radius 3 is 2.58 bits per heavy atom. The second-order valence-corrected chi connectivity index (χ2v) is 5.42. The molecule has 0 spiro atoms. The van der Waals surface area contributed by atoms with Crippen LogP contribution in [0.4, 0.5) is 13.2 Å². The molecule has 0 aliphatic heterocycles. The molecule has 2 heterocycles. The minimum atomic E-state index is -4.60. The summed E-state index contributed by atoms with van der Waals surface area (Å²) in [6, 6.07) is 9.61. The van der Waals surface area contributed by atoms with Crippen LogP contribution in [0.15, 0.2) is 58.1 Å². The van der Waals surface area contributed by atoms with Gasteiger partial charge >= 0.3 is 6.18 Å². The largest absolute Gasteiger partial charge is 0.444 e. The van der Waals surface area contributed by atoms with E-state index < -0.39 is 22.3 Å². The third-order valence-corrected chi connectivity index (χ3v) is 3.55. The van der Waals surface area contributed by atoms with E-state index in [1.165, 1.54) is 6.26 Å². The molecular weight excluding hydrogens is 345 g/mol. The van der Waals surface area contributed by atoms with Crippen molar-refractivity contribution >= 4 is 11.6 Å². The Balaban J connectivity index is 1.93. The van der Waals surface area contributed by atoms with E-state index in [2.05, 4.69) is 4.98 Å². The Labute approximate surface area is 139 Å². The number of aromatic nitrogens is 2. The van der Waals surface area contributed by atoms with E-state index in [0.717, 1.165) is 10.1 Å². The number of hydrogen-bond acceptors (Lipinski definition) is 3. The van der Waals surface area contributed by atoms with Crippen LogP contribution in [0.2, 0.25) is 5.02 Å². The van der Waals surface area contributed by atoms with Gasteiger partial charge in [-0.05, 0) is 18.2 Å². The van der Waals surface area contributed by atoms with Crippen LogP contribution in [0.3, 0.4) is 0 Å². The Bertz CT molecular complexity index is 917. The molecule has 24 heavy (non-hydrogen) atoms. The molecule has 8 heteroatoms. The van der Waals surface area contributed by atoms with Crippen LogP contribution in [0.25, 0.3) is 11.5 Å². The molecule has 2 aromatic heterocycles. The lowest BCUT2D eigenvalue weighted by Crippen LogP contribution is -2.23. The first-order valence-electron chi connectivity index (χ1n) is 6.81. The van der Waals surface area contributed by atoms with Gasteiger partial charge in [-0.25, -0.2) is 4.98 Å². The van der Waals surface area contributed by atoms with E-state index >= 15 is 0 Å². The second kappa shape index (κ2) is 6.16. The van der Waals surface area contributed by atoms with Crippen LogP contribution >= 0.6 is 11.6 Å². The summed E-state index contributed by atoms with van der Waals surface area (Å²) < 4.78 is 44.7. The Morgan fingerprint density at radius 1 is 1.21 bits per heavy atom. The van der Waals surface area contributed by atoms with E-state index in [0.29, 0.717) is 23.8 Å². The maximum atomic E-state index is 12.8. The number of alkyl halides is 3. The molecule has 4 nitrogen and oxygen atoms in total. The molecule has 1 aromatic carbocycles. The summed E-state index contributed by atoms with van der Waals surface area (Å²) in [6.45, 7) is -0.182. The number of benzene rings is 1. The van der Waals surface area contributed by atoms with Gasteiger partial charge in [0.15, 0.2) is 0 Å². The van der Waals surface area contributed by atoms with E-state index in [4.69, 9.17) is 16.0 Å². The van der Waals surface area contributed by atoms with E-state index in [9.17, 15) is 18.0 Å². The summed E-state index contributed by atoms with van der Waals surface area (Å²) in [6.07, 6.45) is -2.59. The van der Waals surface area contributed by atoms with Crippen LogP contribution in [-0.2, 0) is 12.7 Å². The zero-order chi connectivity index (χ0) is 17.3. The highest BCUT2D eigenvalue weighted by Gasteiger charge is 2.32. The molecule has 0 N–H and O–H groups in total. The molecule has 0 amide bonds. The van der Waals surface area contributed by atoms with E-state index in [-0.39, 0.29) is 6.54 Å². The number of nitrogens with zero attached hydrogens (tertiary/aromatic N) is 2. The monoisotopic (exact) mass is 354 g/mol. The lowest BCUT2D eigenvalue weighted by Gasteiger charge is -2.10. The molecule has 0 aliphatic rings. The standard InChI is InChI=1S/C16H10ClF3N2O2/c17-13-6-11(16(18,19)20)7-22(15(13)23)8-12-9-24-14(21-12)10-4-2-1-3-5-10/h1-7,9H,8H2. The van der Waals surface area contributed by atoms with Gasteiger partial charge in [0.25, 0.3) is 5.56 Å². The van der Waals surface area contributed by atoms with Crippen LogP contribution in [0, 0.1) is 0 Å². The van der Waals surface area contributed by atoms with E-state index in [1.54, 1.807) is 24.3 Å². The third-order valence-electron chi connectivity index (χ3n) is 3.27. The molecule has 0 fully saturated rings. The summed E-state index contributed by atoms with van der Waals surface area (Å²) in [5.41, 5.74) is -0.697. The summed E-state index contributed by atoms with van der Waals surface area (Å²) in [4.78, 5) is 16.1. The average Bonchev–Trinajstić information content (AvgIpc) is 3.00. The molecular formula is C16H10ClF3N2O2. The van der Waals surface area contributed by atoms with Crippen molar-refractivity contribution < 1.29 is 17.6 Å². The summed E-state index contributed by atoms with van der Waals surface area (Å²) in [7, 11) is 0. The number of pyridine rings is 1. The molecule has 124 valence electrons. The van der Waals surface area contributed by atoms with Crippen molar-refractivity contribution in [2.24, 2.45) is 0 Å².